The van der Waals surface area contributed by atoms with E-state index in [1.807, 2.05) is 6.07 Å². The van der Waals surface area contributed by atoms with Crippen molar-refractivity contribution in [1.82, 2.24) is 35.3 Å². The number of aromatic amines is 1. The van der Waals surface area contributed by atoms with Crippen LogP contribution in [0.15, 0.2) is 24.4 Å². The summed E-state index contributed by atoms with van der Waals surface area (Å²) in [5.41, 5.74) is 4.01. The maximum absolute atomic E-state index is 13.9. The van der Waals surface area contributed by atoms with E-state index in [2.05, 4.69) is 49.7 Å². The third-order valence-corrected chi connectivity index (χ3v) is 5.07. The van der Waals surface area contributed by atoms with E-state index >= 15 is 0 Å². The summed E-state index contributed by atoms with van der Waals surface area (Å²) in [5.74, 6) is 0.653. The highest BCUT2D eigenvalue weighted by Gasteiger charge is 2.25. The molecule has 2 aromatic heterocycles. The molecule has 3 heterocycles. The van der Waals surface area contributed by atoms with E-state index in [9.17, 15) is 4.39 Å². The number of aromatic nitrogens is 6. The van der Waals surface area contributed by atoms with E-state index in [1.165, 1.54) is 11.8 Å². The van der Waals surface area contributed by atoms with Crippen LogP contribution in [0.25, 0.3) is 11.4 Å². The summed E-state index contributed by atoms with van der Waals surface area (Å²) in [6.07, 6.45) is 3.33. The number of rotatable bonds is 4. The summed E-state index contributed by atoms with van der Waals surface area (Å²) in [6.45, 7) is 4.86. The van der Waals surface area contributed by atoms with Gasteiger partial charge >= 0.3 is 0 Å². The van der Waals surface area contributed by atoms with Crippen LogP contribution < -0.4 is 0 Å². The number of aryl methyl sites for hydroxylation is 2. The second-order valence-electron chi connectivity index (χ2n) is 6.97. The molecule has 0 saturated carbocycles. The van der Waals surface area contributed by atoms with Gasteiger partial charge in [-0.15, -0.1) is 10.2 Å². The highest BCUT2D eigenvalue weighted by molar-refractivity contribution is 5.59. The number of tetrazole rings is 1. The van der Waals surface area contributed by atoms with Crippen molar-refractivity contribution in [2.45, 2.75) is 32.2 Å². The fourth-order valence-corrected chi connectivity index (χ4v) is 3.73. The number of halogens is 1. The molecule has 0 radical (unpaired) electrons. The number of hydrogen-bond acceptors (Lipinski definition) is 5. The normalized spacial score (nSPS) is 16.3. The Morgan fingerprint density at radius 3 is 2.69 bits per heavy atom. The Bertz CT molecular complexity index is 879. The summed E-state index contributed by atoms with van der Waals surface area (Å²) in [6, 6.07) is 6.34. The van der Waals surface area contributed by atoms with Crippen LogP contribution in [0.2, 0.25) is 0 Å². The molecule has 136 valence electrons. The van der Waals surface area contributed by atoms with Crippen LogP contribution in [0.5, 0.6) is 0 Å². The molecule has 1 saturated heterocycles. The lowest BCUT2D eigenvalue weighted by Crippen LogP contribution is -2.32. The molecule has 0 spiro atoms. The van der Waals surface area contributed by atoms with Crippen molar-refractivity contribution < 1.29 is 4.39 Å². The molecule has 1 fully saturated rings. The molecule has 0 aliphatic carbocycles. The van der Waals surface area contributed by atoms with Crippen LogP contribution in [0.1, 0.15) is 35.6 Å². The van der Waals surface area contributed by atoms with Gasteiger partial charge in [0.15, 0.2) is 5.82 Å². The Morgan fingerprint density at radius 2 is 2.08 bits per heavy atom. The first kappa shape index (κ1) is 16.8. The zero-order valence-corrected chi connectivity index (χ0v) is 15.0. The van der Waals surface area contributed by atoms with Gasteiger partial charge in [0.2, 0.25) is 5.82 Å². The zero-order valence-electron chi connectivity index (χ0n) is 15.0. The van der Waals surface area contributed by atoms with Crippen molar-refractivity contribution in [3.63, 3.8) is 0 Å². The largest absolute Gasteiger partial charge is 0.299 e. The predicted molar refractivity (Wildman–Crippen MR) is 94.8 cm³/mol. The second kappa shape index (κ2) is 6.95. The Morgan fingerprint density at radius 1 is 1.27 bits per heavy atom. The summed E-state index contributed by atoms with van der Waals surface area (Å²) in [4.78, 5) is 2.42. The van der Waals surface area contributed by atoms with Crippen molar-refractivity contribution in [3.05, 3.63) is 47.0 Å². The SMILES string of the molecule is Cc1cc(CN2CCC(c3nn(C)cc3F)CC2)ccc1-c1nn[nH]n1. The smallest absolute Gasteiger partial charge is 0.204 e. The standard InChI is InChI=1S/C18H22FN7/c1-12-9-13(3-4-15(12)18-20-23-24-21-18)10-26-7-5-14(6-8-26)17-16(19)11-25(2)22-17/h3-4,9,11,14H,5-8,10H2,1-2H3,(H,20,21,23,24). The number of piperidine rings is 1. The van der Waals surface area contributed by atoms with Crippen LogP contribution in [0.4, 0.5) is 4.39 Å². The molecule has 4 rings (SSSR count). The molecular weight excluding hydrogens is 333 g/mol. The lowest BCUT2D eigenvalue weighted by molar-refractivity contribution is 0.201. The predicted octanol–water partition coefficient (Wildman–Crippen LogP) is 2.43. The van der Waals surface area contributed by atoms with Crippen molar-refractivity contribution >= 4 is 0 Å². The second-order valence-corrected chi connectivity index (χ2v) is 6.97. The molecule has 26 heavy (non-hydrogen) atoms. The molecule has 0 atom stereocenters. The van der Waals surface area contributed by atoms with Crippen LogP contribution in [-0.4, -0.2) is 48.4 Å². The third kappa shape index (κ3) is 3.37. The molecular formula is C18H22FN7. The molecule has 1 aliphatic heterocycles. The first-order valence-electron chi connectivity index (χ1n) is 8.85. The average molecular weight is 355 g/mol. The van der Waals surface area contributed by atoms with Crippen LogP contribution in [0.3, 0.4) is 0 Å². The van der Waals surface area contributed by atoms with Crippen molar-refractivity contribution in [3.8, 4) is 11.4 Å². The third-order valence-electron chi connectivity index (χ3n) is 5.07. The molecule has 7 nitrogen and oxygen atoms in total. The summed E-state index contributed by atoms with van der Waals surface area (Å²) in [5, 5.41) is 18.5. The Kier molecular flexibility index (Phi) is 4.50. The quantitative estimate of drug-likeness (QED) is 0.778. The topological polar surface area (TPSA) is 75.5 Å². The minimum absolute atomic E-state index is 0.182. The minimum Gasteiger partial charge on any atom is -0.299 e. The van der Waals surface area contributed by atoms with Gasteiger partial charge < -0.3 is 0 Å². The number of likely N-dealkylation sites (tertiary alicyclic amines) is 1. The first-order valence-corrected chi connectivity index (χ1v) is 8.85. The molecule has 8 heteroatoms. The Labute approximate surface area is 151 Å². The van der Waals surface area contributed by atoms with Gasteiger partial charge in [0.25, 0.3) is 0 Å². The van der Waals surface area contributed by atoms with Gasteiger partial charge in [-0.1, -0.05) is 18.2 Å². The van der Waals surface area contributed by atoms with Gasteiger partial charge in [-0.25, -0.2) is 4.39 Å². The fraction of sp³-hybridized carbons (Fsp3) is 0.444. The average Bonchev–Trinajstić information content (AvgIpc) is 3.25. The maximum Gasteiger partial charge on any atom is 0.204 e. The number of hydrogen-bond donors (Lipinski definition) is 1. The van der Waals surface area contributed by atoms with Crippen molar-refractivity contribution in [1.29, 1.82) is 0 Å². The number of benzene rings is 1. The monoisotopic (exact) mass is 355 g/mol. The zero-order chi connectivity index (χ0) is 18.1. The van der Waals surface area contributed by atoms with E-state index in [0.29, 0.717) is 11.5 Å². The molecule has 0 amide bonds. The lowest BCUT2D eigenvalue weighted by Gasteiger charge is -2.31. The molecule has 0 unspecified atom stereocenters. The fourth-order valence-electron chi connectivity index (χ4n) is 3.73. The lowest BCUT2D eigenvalue weighted by atomic mass is 9.93. The van der Waals surface area contributed by atoms with Crippen LogP contribution in [0, 0.1) is 12.7 Å². The van der Waals surface area contributed by atoms with E-state index in [4.69, 9.17) is 0 Å². The summed E-state index contributed by atoms with van der Waals surface area (Å²) < 4.78 is 15.5. The highest BCUT2D eigenvalue weighted by Crippen LogP contribution is 2.29. The van der Waals surface area contributed by atoms with E-state index in [1.54, 1.807) is 11.7 Å². The molecule has 0 bridgehead atoms. The van der Waals surface area contributed by atoms with Gasteiger partial charge in [0.05, 0.1) is 6.20 Å². The Hall–Kier alpha value is -2.61. The maximum atomic E-state index is 13.9. The highest BCUT2D eigenvalue weighted by atomic mass is 19.1. The number of nitrogens with zero attached hydrogens (tertiary/aromatic N) is 6. The first-order chi connectivity index (χ1) is 12.6. The van der Waals surface area contributed by atoms with Gasteiger partial charge in [-0.3, -0.25) is 9.58 Å². The summed E-state index contributed by atoms with van der Waals surface area (Å²) in [7, 11) is 1.77. The van der Waals surface area contributed by atoms with E-state index in [0.717, 1.165) is 43.6 Å². The molecule has 1 aromatic carbocycles. The van der Waals surface area contributed by atoms with Crippen molar-refractivity contribution in [2.75, 3.05) is 13.1 Å². The Balaban J connectivity index is 1.39. The molecule has 1 N–H and O–H groups in total. The van der Waals surface area contributed by atoms with E-state index in [-0.39, 0.29) is 11.7 Å². The molecule has 1 aliphatic rings. The van der Waals surface area contributed by atoms with Gasteiger partial charge in [0, 0.05) is 25.1 Å². The van der Waals surface area contributed by atoms with Crippen LogP contribution >= 0.6 is 0 Å². The van der Waals surface area contributed by atoms with Gasteiger partial charge in [-0.2, -0.15) is 10.3 Å². The number of H-pyrrole nitrogens is 1. The minimum atomic E-state index is -0.182. The molecule has 3 aromatic rings. The van der Waals surface area contributed by atoms with Crippen molar-refractivity contribution in [2.24, 2.45) is 7.05 Å². The summed E-state index contributed by atoms with van der Waals surface area (Å²) >= 11 is 0. The number of nitrogens with one attached hydrogen (secondary N) is 1. The van der Waals surface area contributed by atoms with E-state index < -0.39 is 0 Å². The van der Waals surface area contributed by atoms with Gasteiger partial charge in [-0.05, 0) is 49.2 Å². The van der Waals surface area contributed by atoms with Crippen LogP contribution in [-0.2, 0) is 13.6 Å². The van der Waals surface area contributed by atoms with Gasteiger partial charge in [0.1, 0.15) is 5.69 Å².